The van der Waals surface area contributed by atoms with E-state index in [2.05, 4.69) is 0 Å². The molecular weight excluding hydrogens is 451 g/mol. The van der Waals surface area contributed by atoms with Gasteiger partial charge < -0.3 is 0 Å². The van der Waals surface area contributed by atoms with Crippen molar-refractivity contribution in [3.05, 3.63) is 69.7 Å². The van der Waals surface area contributed by atoms with Gasteiger partial charge in [-0.3, -0.25) is 19.2 Å². The molecule has 0 aromatic heterocycles. The van der Waals surface area contributed by atoms with Crippen LogP contribution in [0.5, 0.6) is 0 Å². The highest BCUT2D eigenvalue weighted by molar-refractivity contribution is 6.42. The number of rotatable bonds is 5. The van der Waals surface area contributed by atoms with Gasteiger partial charge in [0, 0.05) is 11.1 Å². The van der Waals surface area contributed by atoms with Crippen molar-refractivity contribution in [2.75, 3.05) is 6.54 Å². The normalized spacial score (nSPS) is 22.6. The van der Waals surface area contributed by atoms with Gasteiger partial charge in [0.1, 0.15) is 6.54 Å². The fourth-order valence-corrected chi connectivity index (χ4v) is 4.77. The number of nitrogens with zero attached hydrogens (tertiary/aromatic N) is 2. The topological polar surface area (TPSA) is 74.8 Å². The molecule has 32 heavy (non-hydrogen) atoms. The van der Waals surface area contributed by atoms with Gasteiger partial charge in [0.15, 0.2) is 5.78 Å². The third-order valence-electron chi connectivity index (χ3n) is 6.20. The van der Waals surface area contributed by atoms with E-state index in [1.807, 2.05) is 6.92 Å². The molecule has 1 saturated carbocycles. The Kier molecular flexibility index (Phi) is 6.35. The minimum absolute atomic E-state index is 0.129. The fraction of sp³-hybridized carbons (Fsp3) is 0.333. The van der Waals surface area contributed by atoms with E-state index in [1.165, 1.54) is 18.2 Å². The third-order valence-corrected chi connectivity index (χ3v) is 6.93. The number of Topliss-reactive ketones (excluding diaryl/α,β-unsaturated/α-hetero) is 1. The van der Waals surface area contributed by atoms with Crippen molar-refractivity contribution in [1.82, 2.24) is 10.0 Å². The smallest absolute Gasteiger partial charge is 0.273 e. The molecule has 2 aromatic rings. The second-order valence-electron chi connectivity index (χ2n) is 8.40. The highest BCUT2D eigenvalue weighted by Gasteiger charge is 2.52. The molecule has 3 amide bonds. The quantitative estimate of drug-likeness (QED) is 0.468. The van der Waals surface area contributed by atoms with Gasteiger partial charge in [-0.2, -0.15) is 5.01 Å². The number of carbonyl (C=O) groups excluding carboxylic acids is 4. The summed E-state index contributed by atoms with van der Waals surface area (Å²) in [6, 6.07) is 12.7. The Labute approximate surface area is 196 Å². The van der Waals surface area contributed by atoms with Crippen molar-refractivity contribution in [3.8, 4) is 0 Å². The standard InChI is InChI=1S/C24H22Cl2N2O4/c1-14-7-9-17-18(11-14)24(32)28(23(17)31)27(13-21(29)15-5-3-2-4-6-15)22(30)16-8-10-19(25)20(26)12-16/h2-6,8,10,12,14,17-18H,7,9,11,13H2,1H3/t14-,17-,18-/m1/s1. The molecule has 0 unspecified atom stereocenters. The Morgan fingerprint density at radius 1 is 0.938 bits per heavy atom. The molecule has 1 heterocycles. The van der Waals surface area contributed by atoms with Crippen molar-refractivity contribution in [2.24, 2.45) is 17.8 Å². The number of hydrogen-bond acceptors (Lipinski definition) is 4. The van der Waals surface area contributed by atoms with Crippen LogP contribution in [0.4, 0.5) is 0 Å². The van der Waals surface area contributed by atoms with Gasteiger partial charge >= 0.3 is 0 Å². The molecule has 0 radical (unpaired) electrons. The molecule has 0 N–H and O–H groups in total. The van der Waals surface area contributed by atoms with Crippen LogP contribution in [0.2, 0.25) is 10.0 Å². The van der Waals surface area contributed by atoms with E-state index in [-0.39, 0.29) is 21.4 Å². The Balaban J connectivity index is 1.70. The zero-order chi connectivity index (χ0) is 23.0. The number of hydrazine groups is 1. The van der Waals surface area contributed by atoms with Crippen LogP contribution in [-0.2, 0) is 9.59 Å². The average Bonchev–Trinajstić information content (AvgIpc) is 3.03. The summed E-state index contributed by atoms with van der Waals surface area (Å²) in [5, 5.41) is 2.28. The van der Waals surface area contributed by atoms with Crippen LogP contribution < -0.4 is 0 Å². The van der Waals surface area contributed by atoms with Crippen LogP contribution in [0.25, 0.3) is 0 Å². The Morgan fingerprint density at radius 2 is 1.62 bits per heavy atom. The number of halogens is 2. The molecule has 2 aromatic carbocycles. The molecule has 1 aliphatic carbocycles. The maximum absolute atomic E-state index is 13.4. The van der Waals surface area contributed by atoms with Gasteiger partial charge in [-0.1, -0.05) is 60.5 Å². The zero-order valence-corrected chi connectivity index (χ0v) is 19.0. The Bertz CT molecular complexity index is 1090. The number of amides is 3. The van der Waals surface area contributed by atoms with E-state index >= 15 is 0 Å². The van der Waals surface area contributed by atoms with Gasteiger partial charge in [-0.25, -0.2) is 5.01 Å². The van der Waals surface area contributed by atoms with Crippen molar-refractivity contribution in [2.45, 2.75) is 26.2 Å². The summed E-state index contributed by atoms with van der Waals surface area (Å²) in [5.74, 6) is -2.53. The molecule has 1 saturated heterocycles. The number of benzene rings is 2. The number of hydrogen-bond donors (Lipinski definition) is 0. The van der Waals surface area contributed by atoms with Gasteiger partial charge in [0.25, 0.3) is 17.7 Å². The van der Waals surface area contributed by atoms with Crippen LogP contribution in [0.15, 0.2) is 48.5 Å². The first-order chi connectivity index (χ1) is 15.3. The third kappa shape index (κ3) is 4.17. The van der Waals surface area contributed by atoms with E-state index in [4.69, 9.17) is 23.2 Å². The summed E-state index contributed by atoms with van der Waals surface area (Å²) < 4.78 is 0. The lowest BCUT2D eigenvalue weighted by Crippen LogP contribution is -2.52. The minimum Gasteiger partial charge on any atom is -0.292 e. The first-order valence-corrected chi connectivity index (χ1v) is 11.3. The second-order valence-corrected chi connectivity index (χ2v) is 9.21. The van der Waals surface area contributed by atoms with Gasteiger partial charge in [0.05, 0.1) is 21.9 Å². The van der Waals surface area contributed by atoms with Crippen LogP contribution in [0.3, 0.4) is 0 Å². The summed E-state index contributed by atoms with van der Waals surface area (Å²) in [6.07, 6.45) is 2.03. The van der Waals surface area contributed by atoms with E-state index in [1.54, 1.807) is 30.3 Å². The number of carbonyl (C=O) groups is 4. The molecule has 6 nitrogen and oxygen atoms in total. The molecule has 0 spiro atoms. The molecule has 3 atom stereocenters. The lowest BCUT2D eigenvalue weighted by molar-refractivity contribution is -0.154. The first-order valence-electron chi connectivity index (χ1n) is 10.5. The maximum atomic E-state index is 13.4. The molecule has 8 heteroatoms. The molecule has 0 bridgehead atoms. The monoisotopic (exact) mass is 472 g/mol. The van der Waals surface area contributed by atoms with Gasteiger partial charge in [0.2, 0.25) is 0 Å². The van der Waals surface area contributed by atoms with Crippen molar-refractivity contribution < 1.29 is 19.2 Å². The summed E-state index contributed by atoms with van der Waals surface area (Å²) in [5.41, 5.74) is 0.508. The van der Waals surface area contributed by atoms with Crippen LogP contribution >= 0.6 is 23.2 Å². The van der Waals surface area contributed by atoms with E-state index in [0.717, 1.165) is 16.4 Å². The summed E-state index contributed by atoms with van der Waals surface area (Å²) in [4.78, 5) is 52.9. The number of ketones is 1. The fourth-order valence-electron chi connectivity index (χ4n) is 4.47. The highest BCUT2D eigenvalue weighted by Crippen LogP contribution is 2.41. The lowest BCUT2D eigenvalue weighted by Gasteiger charge is -2.30. The maximum Gasteiger partial charge on any atom is 0.273 e. The van der Waals surface area contributed by atoms with Gasteiger partial charge in [-0.05, 0) is 43.4 Å². The van der Waals surface area contributed by atoms with Crippen molar-refractivity contribution in [1.29, 1.82) is 0 Å². The Morgan fingerprint density at radius 3 is 2.31 bits per heavy atom. The minimum atomic E-state index is -0.666. The number of fused-ring (bicyclic) bond motifs is 1. The largest absolute Gasteiger partial charge is 0.292 e. The van der Waals surface area contributed by atoms with Crippen LogP contribution in [-0.4, -0.2) is 40.1 Å². The SMILES string of the molecule is C[C@@H]1CC[C@H]2C(=O)N(N(CC(=O)c3ccccc3)C(=O)c3ccc(Cl)c(Cl)c3)C(=O)[C@@H]2C1. The van der Waals surface area contributed by atoms with E-state index in [0.29, 0.717) is 24.3 Å². The molecule has 4 rings (SSSR count). The van der Waals surface area contributed by atoms with Crippen LogP contribution in [0, 0.1) is 17.8 Å². The zero-order valence-electron chi connectivity index (χ0n) is 17.5. The predicted octanol–water partition coefficient (Wildman–Crippen LogP) is 4.65. The van der Waals surface area contributed by atoms with Crippen molar-refractivity contribution in [3.63, 3.8) is 0 Å². The Hall–Kier alpha value is -2.70. The van der Waals surface area contributed by atoms with E-state index in [9.17, 15) is 19.2 Å². The molecule has 1 aliphatic heterocycles. The molecule has 2 aliphatic rings. The molecular formula is C24H22Cl2N2O4. The second kappa shape index (κ2) is 9.04. The first kappa shape index (κ1) is 22.5. The van der Waals surface area contributed by atoms with E-state index < -0.39 is 36.1 Å². The van der Waals surface area contributed by atoms with Crippen molar-refractivity contribution >= 4 is 46.7 Å². The van der Waals surface area contributed by atoms with Gasteiger partial charge in [-0.15, -0.1) is 0 Å². The summed E-state index contributed by atoms with van der Waals surface area (Å²) in [7, 11) is 0. The highest BCUT2D eigenvalue weighted by atomic mass is 35.5. The lowest BCUT2D eigenvalue weighted by atomic mass is 9.76. The molecule has 166 valence electrons. The summed E-state index contributed by atoms with van der Waals surface area (Å²) >= 11 is 12.0. The predicted molar refractivity (Wildman–Crippen MR) is 120 cm³/mol. The van der Waals surface area contributed by atoms with Crippen LogP contribution in [0.1, 0.15) is 46.9 Å². The summed E-state index contributed by atoms with van der Waals surface area (Å²) in [6.45, 7) is 1.60. The average molecular weight is 473 g/mol. The molecule has 2 fully saturated rings. The number of imide groups is 1.